The van der Waals surface area contributed by atoms with Gasteiger partial charge in [-0.1, -0.05) is 6.42 Å². The van der Waals surface area contributed by atoms with Gasteiger partial charge in [0.05, 0.1) is 4.90 Å². The predicted octanol–water partition coefficient (Wildman–Crippen LogP) is 3.33. The number of hydrogen-bond acceptors (Lipinski definition) is 5. The topological polar surface area (TPSA) is 79.4 Å². The van der Waals surface area contributed by atoms with Gasteiger partial charge in [-0.3, -0.25) is 10.1 Å². The summed E-state index contributed by atoms with van der Waals surface area (Å²) in [4.78, 5) is 16.4. The number of nitrogens with one attached hydrogen (secondary N) is 1. The summed E-state index contributed by atoms with van der Waals surface area (Å²) >= 11 is 4.60. The molecule has 1 aromatic carbocycles. The van der Waals surface area contributed by atoms with Crippen molar-refractivity contribution in [2.24, 2.45) is 0 Å². The molecule has 1 amide bonds. The van der Waals surface area contributed by atoms with Crippen LogP contribution in [0.15, 0.2) is 39.1 Å². The van der Waals surface area contributed by atoms with Gasteiger partial charge in [-0.25, -0.2) is 13.4 Å². The minimum atomic E-state index is -3.62. The molecular formula is C15H16BrN3O3S2. The van der Waals surface area contributed by atoms with E-state index in [9.17, 15) is 13.2 Å². The Bertz CT molecular complexity index is 832. The maximum absolute atomic E-state index is 12.9. The fourth-order valence-corrected chi connectivity index (χ4v) is 5.53. The fourth-order valence-electron chi connectivity index (χ4n) is 2.54. The number of anilines is 1. The van der Waals surface area contributed by atoms with Crippen LogP contribution in [0.5, 0.6) is 0 Å². The third kappa shape index (κ3) is 3.69. The van der Waals surface area contributed by atoms with Gasteiger partial charge in [-0.05, 0) is 47.0 Å². The molecule has 1 fully saturated rings. The molecule has 0 bridgehead atoms. The van der Waals surface area contributed by atoms with E-state index in [1.165, 1.54) is 21.7 Å². The number of benzene rings is 1. The van der Waals surface area contributed by atoms with Crippen LogP contribution in [0.1, 0.15) is 29.6 Å². The van der Waals surface area contributed by atoms with Crippen molar-refractivity contribution >= 4 is 48.3 Å². The molecule has 0 unspecified atom stereocenters. The van der Waals surface area contributed by atoms with Crippen LogP contribution in [0.2, 0.25) is 0 Å². The van der Waals surface area contributed by atoms with Crippen LogP contribution in [-0.2, 0) is 10.0 Å². The SMILES string of the molecule is O=C(Nc1nccs1)c1ccc(Br)c(S(=O)(=O)N2CCCCC2)c1. The molecule has 1 aliphatic heterocycles. The number of nitrogens with zero attached hydrogens (tertiary/aromatic N) is 2. The van der Waals surface area contributed by atoms with Crippen LogP contribution in [0.3, 0.4) is 0 Å². The van der Waals surface area contributed by atoms with Gasteiger partial charge in [0.1, 0.15) is 0 Å². The Morgan fingerprint density at radius 2 is 2.00 bits per heavy atom. The monoisotopic (exact) mass is 429 g/mol. The van der Waals surface area contributed by atoms with Gasteiger partial charge < -0.3 is 0 Å². The highest BCUT2D eigenvalue weighted by Crippen LogP contribution is 2.28. The number of piperidine rings is 1. The van der Waals surface area contributed by atoms with Crippen molar-refractivity contribution in [2.45, 2.75) is 24.2 Å². The number of sulfonamides is 1. The average molecular weight is 430 g/mol. The van der Waals surface area contributed by atoms with E-state index in [1.807, 2.05) is 0 Å². The van der Waals surface area contributed by atoms with Crippen molar-refractivity contribution in [3.8, 4) is 0 Å². The first-order valence-electron chi connectivity index (χ1n) is 7.49. The first kappa shape index (κ1) is 17.5. The largest absolute Gasteiger partial charge is 0.298 e. The Balaban J connectivity index is 1.89. The lowest BCUT2D eigenvalue weighted by molar-refractivity contribution is 0.102. The maximum Gasteiger partial charge on any atom is 0.257 e. The summed E-state index contributed by atoms with van der Waals surface area (Å²) in [6.07, 6.45) is 4.36. The zero-order valence-electron chi connectivity index (χ0n) is 12.7. The van der Waals surface area contributed by atoms with E-state index >= 15 is 0 Å². The molecule has 0 radical (unpaired) electrons. The predicted molar refractivity (Wildman–Crippen MR) is 96.8 cm³/mol. The lowest BCUT2D eigenvalue weighted by atomic mass is 10.2. The van der Waals surface area contributed by atoms with Crippen LogP contribution < -0.4 is 5.32 Å². The minimum absolute atomic E-state index is 0.121. The van der Waals surface area contributed by atoms with Crippen LogP contribution in [0.4, 0.5) is 5.13 Å². The van der Waals surface area contributed by atoms with E-state index in [2.05, 4.69) is 26.2 Å². The lowest BCUT2D eigenvalue weighted by Crippen LogP contribution is -2.35. The molecule has 1 N–H and O–H groups in total. The summed E-state index contributed by atoms with van der Waals surface area (Å²) in [7, 11) is -3.62. The molecule has 0 atom stereocenters. The normalized spacial score (nSPS) is 16.0. The molecule has 3 rings (SSSR count). The van der Waals surface area contributed by atoms with Crippen LogP contribution in [0.25, 0.3) is 0 Å². The molecule has 6 nitrogen and oxygen atoms in total. The minimum Gasteiger partial charge on any atom is -0.298 e. The summed E-state index contributed by atoms with van der Waals surface area (Å²) in [6.45, 7) is 1.04. The Labute approximate surface area is 153 Å². The number of carbonyl (C=O) groups excluding carboxylic acids is 1. The smallest absolute Gasteiger partial charge is 0.257 e. The molecule has 0 spiro atoms. The van der Waals surface area contributed by atoms with Gasteiger partial charge in [0.2, 0.25) is 10.0 Å². The second-order valence-corrected chi connectivity index (χ2v) is 9.06. The number of hydrogen-bond donors (Lipinski definition) is 1. The second kappa shape index (κ2) is 7.30. The summed E-state index contributed by atoms with van der Waals surface area (Å²) in [6, 6.07) is 4.59. The van der Waals surface area contributed by atoms with E-state index in [0.717, 1.165) is 19.3 Å². The molecule has 24 heavy (non-hydrogen) atoms. The summed E-state index contributed by atoms with van der Waals surface area (Å²) in [5.74, 6) is -0.382. The molecule has 0 saturated carbocycles. The van der Waals surface area contributed by atoms with Crippen molar-refractivity contribution in [3.05, 3.63) is 39.8 Å². The van der Waals surface area contributed by atoms with Crippen molar-refractivity contribution in [2.75, 3.05) is 18.4 Å². The Morgan fingerprint density at radius 3 is 2.67 bits per heavy atom. The highest BCUT2D eigenvalue weighted by molar-refractivity contribution is 9.10. The molecule has 0 aliphatic carbocycles. The number of aromatic nitrogens is 1. The van der Waals surface area contributed by atoms with E-state index in [1.54, 1.807) is 23.7 Å². The van der Waals surface area contributed by atoms with Crippen LogP contribution in [0, 0.1) is 0 Å². The molecule has 1 aromatic heterocycles. The standard InChI is InChI=1S/C15H16BrN3O3S2/c16-12-5-4-11(14(20)18-15-17-6-9-23-15)10-13(12)24(21,22)19-7-2-1-3-8-19/h4-6,9-10H,1-3,7-8H2,(H,17,18,20). The Kier molecular flexibility index (Phi) is 5.33. The van der Waals surface area contributed by atoms with Crippen molar-refractivity contribution in [3.63, 3.8) is 0 Å². The molecule has 1 aliphatic rings. The zero-order valence-corrected chi connectivity index (χ0v) is 16.0. The van der Waals surface area contributed by atoms with Gasteiger partial charge >= 0.3 is 0 Å². The zero-order chi connectivity index (χ0) is 17.2. The third-order valence-corrected chi connectivity index (χ3v) is 7.36. The van der Waals surface area contributed by atoms with Crippen molar-refractivity contribution in [1.82, 2.24) is 9.29 Å². The highest BCUT2D eigenvalue weighted by atomic mass is 79.9. The van der Waals surface area contributed by atoms with Crippen molar-refractivity contribution < 1.29 is 13.2 Å². The van der Waals surface area contributed by atoms with Gasteiger partial charge in [0, 0.05) is 34.7 Å². The van der Waals surface area contributed by atoms with Gasteiger partial charge in [0.25, 0.3) is 5.91 Å². The Morgan fingerprint density at radius 1 is 1.25 bits per heavy atom. The molecular weight excluding hydrogens is 414 g/mol. The van der Waals surface area contributed by atoms with E-state index in [-0.39, 0.29) is 16.4 Å². The molecule has 128 valence electrons. The fraction of sp³-hybridized carbons (Fsp3) is 0.333. The Hall–Kier alpha value is -1.29. The molecule has 2 aromatic rings. The highest BCUT2D eigenvalue weighted by Gasteiger charge is 2.28. The summed E-state index contributed by atoms with van der Waals surface area (Å²) in [5.41, 5.74) is 0.281. The number of carbonyl (C=O) groups is 1. The average Bonchev–Trinajstić information content (AvgIpc) is 3.09. The molecule has 2 heterocycles. The second-order valence-electron chi connectivity index (χ2n) is 5.40. The van der Waals surface area contributed by atoms with Gasteiger partial charge in [-0.2, -0.15) is 4.31 Å². The van der Waals surface area contributed by atoms with E-state index < -0.39 is 10.0 Å². The molecule has 1 saturated heterocycles. The van der Waals surface area contributed by atoms with E-state index in [4.69, 9.17) is 0 Å². The maximum atomic E-state index is 12.9. The summed E-state index contributed by atoms with van der Waals surface area (Å²) in [5, 5.41) is 4.89. The third-order valence-electron chi connectivity index (χ3n) is 3.78. The van der Waals surface area contributed by atoms with Crippen LogP contribution in [-0.4, -0.2) is 36.7 Å². The van der Waals surface area contributed by atoms with Crippen molar-refractivity contribution in [1.29, 1.82) is 0 Å². The van der Waals surface area contributed by atoms with Crippen LogP contribution >= 0.6 is 27.3 Å². The number of halogens is 1. The number of thiazole rings is 1. The number of amides is 1. The summed E-state index contributed by atoms with van der Waals surface area (Å²) < 4.78 is 27.7. The first-order valence-corrected chi connectivity index (χ1v) is 10.6. The first-order chi connectivity index (χ1) is 11.5. The van der Waals surface area contributed by atoms with E-state index in [0.29, 0.717) is 22.7 Å². The lowest BCUT2D eigenvalue weighted by Gasteiger charge is -2.26. The molecule has 9 heteroatoms. The number of rotatable bonds is 4. The van der Waals surface area contributed by atoms with Gasteiger partial charge in [-0.15, -0.1) is 11.3 Å². The quantitative estimate of drug-likeness (QED) is 0.807. The van der Waals surface area contributed by atoms with Gasteiger partial charge in [0.15, 0.2) is 5.13 Å².